The summed E-state index contributed by atoms with van der Waals surface area (Å²) in [6.07, 6.45) is 0. The van der Waals surface area contributed by atoms with E-state index in [0.29, 0.717) is 44.2 Å². The van der Waals surface area contributed by atoms with Gasteiger partial charge in [0.2, 0.25) is 5.95 Å². The van der Waals surface area contributed by atoms with Crippen molar-refractivity contribution in [2.45, 2.75) is 20.0 Å². The Kier molecular flexibility index (Phi) is 7.99. The number of aromatic nitrogens is 2. The Morgan fingerprint density at radius 2 is 1.59 bits per heavy atom. The average molecular weight is 532 g/mol. The molecule has 2 aromatic carbocycles. The minimum atomic E-state index is -0.505. The summed E-state index contributed by atoms with van der Waals surface area (Å²) < 4.78 is 0. The molecule has 1 N–H and O–H groups in total. The molecular weight excluding hydrogens is 498 g/mol. The molecule has 1 aromatic heterocycles. The van der Waals surface area contributed by atoms with Gasteiger partial charge in [-0.15, -0.1) is 0 Å². The molecule has 0 saturated carbocycles. The number of amides is 1. The number of nitro benzene ring substituents is 1. The smallest absolute Gasteiger partial charge is 0.270 e. The number of non-ortho nitro benzene ring substituents is 1. The van der Waals surface area contributed by atoms with Crippen LogP contribution in [0.3, 0.4) is 0 Å². The van der Waals surface area contributed by atoms with Gasteiger partial charge in [0, 0.05) is 89.2 Å². The summed E-state index contributed by atoms with van der Waals surface area (Å²) in [6, 6.07) is 16.0. The van der Waals surface area contributed by atoms with Crippen molar-refractivity contribution >= 4 is 17.5 Å². The van der Waals surface area contributed by atoms with E-state index in [2.05, 4.69) is 46.0 Å². The Morgan fingerprint density at radius 3 is 2.26 bits per heavy atom. The van der Waals surface area contributed by atoms with Crippen molar-refractivity contribution in [1.29, 1.82) is 0 Å². The minimum Gasteiger partial charge on any atom is -0.339 e. The third-order valence-electron chi connectivity index (χ3n) is 7.33. The van der Waals surface area contributed by atoms with E-state index < -0.39 is 4.92 Å². The topological polar surface area (TPSA) is 119 Å². The van der Waals surface area contributed by atoms with E-state index in [1.807, 2.05) is 4.90 Å². The number of nitrogens with one attached hydrogen (secondary N) is 1. The SMILES string of the molecule is Cc1ccc(CN2CCN(Cc3cc(=O)[nH]c(N4CCN(C(=O)c5cccc([N+](=O)[O-])c5)CC4)n3)CC2)cc1. The fourth-order valence-electron chi connectivity index (χ4n) is 5.07. The van der Waals surface area contributed by atoms with Crippen LogP contribution in [0.25, 0.3) is 0 Å². The van der Waals surface area contributed by atoms with Crippen LogP contribution in [0.2, 0.25) is 0 Å². The molecule has 0 spiro atoms. The first kappa shape index (κ1) is 26.5. The number of nitro groups is 1. The highest BCUT2D eigenvalue weighted by molar-refractivity contribution is 5.95. The third kappa shape index (κ3) is 6.68. The van der Waals surface area contributed by atoms with Crippen LogP contribution in [0.15, 0.2) is 59.4 Å². The van der Waals surface area contributed by atoms with Gasteiger partial charge in [0.25, 0.3) is 17.2 Å². The summed E-state index contributed by atoms with van der Waals surface area (Å²) in [6.45, 7) is 9.27. The summed E-state index contributed by atoms with van der Waals surface area (Å²) in [4.78, 5) is 51.9. The normalized spacial score (nSPS) is 16.8. The molecular formula is C28H33N7O4. The van der Waals surface area contributed by atoms with Crippen LogP contribution in [-0.2, 0) is 13.1 Å². The van der Waals surface area contributed by atoms with Gasteiger partial charge in [-0.2, -0.15) is 0 Å². The number of anilines is 1. The average Bonchev–Trinajstić information content (AvgIpc) is 2.95. The van der Waals surface area contributed by atoms with Crippen molar-refractivity contribution in [3.63, 3.8) is 0 Å². The summed E-state index contributed by atoms with van der Waals surface area (Å²) in [7, 11) is 0. The van der Waals surface area contributed by atoms with E-state index in [0.717, 1.165) is 38.4 Å². The number of hydrogen-bond donors (Lipinski definition) is 1. The molecule has 39 heavy (non-hydrogen) atoms. The zero-order chi connectivity index (χ0) is 27.4. The molecule has 3 aromatic rings. The lowest BCUT2D eigenvalue weighted by Crippen LogP contribution is -2.49. The molecule has 204 valence electrons. The van der Waals surface area contributed by atoms with E-state index >= 15 is 0 Å². The van der Waals surface area contributed by atoms with Crippen molar-refractivity contribution in [2.75, 3.05) is 57.3 Å². The van der Waals surface area contributed by atoms with Crippen molar-refractivity contribution in [2.24, 2.45) is 0 Å². The van der Waals surface area contributed by atoms with Crippen LogP contribution in [0, 0.1) is 17.0 Å². The number of benzene rings is 2. The monoisotopic (exact) mass is 531 g/mol. The van der Waals surface area contributed by atoms with Gasteiger partial charge in [0.15, 0.2) is 0 Å². The number of carbonyl (C=O) groups excluding carboxylic acids is 1. The fraction of sp³-hybridized carbons (Fsp3) is 0.393. The lowest BCUT2D eigenvalue weighted by atomic mass is 10.1. The first-order valence-electron chi connectivity index (χ1n) is 13.2. The van der Waals surface area contributed by atoms with Crippen molar-refractivity contribution in [1.82, 2.24) is 24.7 Å². The zero-order valence-corrected chi connectivity index (χ0v) is 22.1. The number of aryl methyl sites for hydroxylation is 1. The summed E-state index contributed by atoms with van der Waals surface area (Å²) in [5.74, 6) is 0.271. The number of piperazine rings is 2. The van der Waals surface area contributed by atoms with Crippen LogP contribution in [0.1, 0.15) is 27.2 Å². The Bertz CT molecular complexity index is 1380. The Balaban J connectivity index is 1.15. The summed E-state index contributed by atoms with van der Waals surface area (Å²) >= 11 is 0. The first-order valence-corrected chi connectivity index (χ1v) is 13.2. The Labute approximate surface area is 226 Å². The maximum atomic E-state index is 12.9. The molecule has 5 rings (SSSR count). The molecule has 3 heterocycles. The Morgan fingerprint density at radius 1 is 0.923 bits per heavy atom. The van der Waals surface area contributed by atoms with Gasteiger partial charge in [-0.3, -0.25) is 34.5 Å². The van der Waals surface area contributed by atoms with Gasteiger partial charge in [0.05, 0.1) is 10.6 Å². The second-order valence-corrected chi connectivity index (χ2v) is 10.2. The number of aromatic amines is 1. The van der Waals surface area contributed by atoms with Gasteiger partial charge < -0.3 is 9.80 Å². The highest BCUT2D eigenvalue weighted by atomic mass is 16.6. The predicted molar refractivity (Wildman–Crippen MR) is 148 cm³/mol. The van der Waals surface area contributed by atoms with Crippen molar-refractivity contribution < 1.29 is 9.72 Å². The van der Waals surface area contributed by atoms with E-state index in [1.54, 1.807) is 17.0 Å². The standard InChI is InChI=1S/C28H33N7O4/c1-21-5-7-22(8-6-21)19-31-9-11-32(12-10-31)20-24-18-26(36)30-28(29-24)34-15-13-33(14-16-34)27(37)23-3-2-4-25(17-23)35(38)39/h2-8,17-18H,9-16,19-20H2,1H3,(H,29,30,36). The molecule has 0 bridgehead atoms. The van der Waals surface area contributed by atoms with Gasteiger partial charge in [-0.1, -0.05) is 35.9 Å². The molecule has 0 radical (unpaired) electrons. The lowest BCUT2D eigenvalue weighted by molar-refractivity contribution is -0.384. The van der Waals surface area contributed by atoms with Gasteiger partial charge in [-0.25, -0.2) is 4.98 Å². The van der Waals surface area contributed by atoms with E-state index in [-0.39, 0.29) is 17.2 Å². The molecule has 11 nitrogen and oxygen atoms in total. The minimum absolute atomic E-state index is 0.106. The highest BCUT2D eigenvalue weighted by Crippen LogP contribution is 2.18. The van der Waals surface area contributed by atoms with Crippen LogP contribution in [0.4, 0.5) is 11.6 Å². The summed E-state index contributed by atoms with van der Waals surface area (Å²) in [5.41, 5.74) is 3.32. The maximum absolute atomic E-state index is 12.9. The second kappa shape index (κ2) is 11.7. The van der Waals surface area contributed by atoms with Gasteiger partial charge in [0.1, 0.15) is 0 Å². The van der Waals surface area contributed by atoms with Crippen LogP contribution < -0.4 is 10.5 Å². The largest absolute Gasteiger partial charge is 0.339 e. The third-order valence-corrected chi connectivity index (χ3v) is 7.33. The second-order valence-electron chi connectivity index (χ2n) is 10.2. The number of nitrogens with zero attached hydrogens (tertiary/aromatic N) is 6. The molecule has 2 aliphatic rings. The van der Waals surface area contributed by atoms with Crippen LogP contribution in [-0.4, -0.2) is 87.9 Å². The molecule has 1 amide bonds. The molecule has 0 atom stereocenters. The van der Waals surface area contributed by atoms with Gasteiger partial charge in [-0.05, 0) is 18.6 Å². The van der Waals surface area contributed by atoms with E-state index in [1.165, 1.54) is 29.3 Å². The molecule has 2 saturated heterocycles. The Hall–Kier alpha value is -4.09. The number of rotatable bonds is 7. The number of H-pyrrole nitrogens is 1. The predicted octanol–water partition coefficient (Wildman–Crippen LogP) is 2.27. The fourth-order valence-corrected chi connectivity index (χ4v) is 5.07. The van der Waals surface area contributed by atoms with Crippen LogP contribution in [0.5, 0.6) is 0 Å². The zero-order valence-electron chi connectivity index (χ0n) is 22.1. The quantitative estimate of drug-likeness (QED) is 0.364. The first-order chi connectivity index (χ1) is 18.8. The van der Waals surface area contributed by atoms with Crippen molar-refractivity contribution in [3.8, 4) is 0 Å². The number of carbonyl (C=O) groups is 1. The molecule has 0 aliphatic carbocycles. The van der Waals surface area contributed by atoms with E-state index in [4.69, 9.17) is 4.98 Å². The highest BCUT2D eigenvalue weighted by Gasteiger charge is 2.25. The molecule has 2 aliphatic heterocycles. The maximum Gasteiger partial charge on any atom is 0.270 e. The summed E-state index contributed by atoms with van der Waals surface area (Å²) in [5, 5.41) is 11.1. The van der Waals surface area contributed by atoms with Gasteiger partial charge >= 0.3 is 0 Å². The molecule has 2 fully saturated rings. The molecule has 0 unspecified atom stereocenters. The lowest BCUT2D eigenvalue weighted by Gasteiger charge is -2.36. The van der Waals surface area contributed by atoms with Crippen molar-refractivity contribution in [3.05, 3.63) is 97.4 Å². The van der Waals surface area contributed by atoms with E-state index in [9.17, 15) is 19.7 Å². The molecule has 11 heteroatoms. The van der Waals surface area contributed by atoms with Crippen LogP contribution >= 0.6 is 0 Å². The number of hydrogen-bond acceptors (Lipinski definition) is 8.